The topological polar surface area (TPSA) is 81.7 Å². The largest absolute Gasteiger partial charge is 0.463 e. The van der Waals surface area contributed by atoms with Crippen LogP contribution in [-0.4, -0.2) is 84.9 Å². The van der Waals surface area contributed by atoms with Crippen LogP contribution < -0.4 is 0 Å². The molecule has 0 bridgehead atoms. The van der Waals surface area contributed by atoms with Gasteiger partial charge in [0.25, 0.3) is 0 Å². The minimum Gasteiger partial charge on any atom is -0.463 e. The monoisotopic (exact) mass is 504 g/mol. The lowest BCUT2D eigenvalue weighted by atomic mass is 10.1. The molecule has 0 spiro atoms. The van der Waals surface area contributed by atoms with E-state index in [2.05, 4.69) is 6.92 Å². The summed E-state index contributed by atoms with van der Waals surface area (Å²) < 4.78 is 38.1. The summed E-state index contributed by atoms with van der Waals surface area (Å²) in [5.74, 6) is -0.125. The molecular weight excluding hydrogens is 452 g/mol. The van der Waals surface area contributed by atoms with Crippen molar-refractivity contribution in [1.29, 1.82) is 0 Å². The van der Waals surface area contributed by atoms with Gasteiger partial charge < -0.3 is 33.2 Å². The molecule has 35 heavy (non-hydrogen) atoms. The highest BCUT2D eigenvalue weighted by atomic mass is 16.7. The molecule has 0 saturated carbocycles. The summed E-state index contributed by atoms with van der Waals surface area (Å²) in [6.45, 7) is 7.90. The van der Waals surface area contributed by atoms with Gasteiger partial charge in [0.2, 0.25) is 0 Å². The van der Waals surface area contributed by atoms with Crippen molar-refractivity contribution in [3.8, 4) is 0 Å². The molecule has 208 valence electrons. The standard InChI is InChI=1S/C27H52O8/c1-2-3-4-5-6-7-8-9-10-13-26(28)33-24-22-31-20-18-29-16-17-30-19-21-32-23-25-35-27-14-11-12-15-34-27/h27H,2-25H2,1H3. The highest BCUT2D eigenvalue weighted by Crippen LogP contribution is 2.13. The quantitative estimate of drug-likeness (QED) is 0.119. The van der Waals surface area contributed by atoms with E-state index in [0.29, 0.717) is 72.5 Å². The van der Waals surface area contributed by atoms with Gasteiger partial charge in [-0.1, -0.05) is 58.3 Å². The molecule has 8 nitrogen and oxygen atoms in total. The molecule has 1 aliphatic heterocycles. The summed E-state index contributed by atoms with van der Waals surface area (Å²) in [6, 6.07) is 0. The summed E-state index contributed by atoms with van der Waals surface area (Å²) in [6.07, 6.45) is 14.9. The molecule has 1 heterocycles. The minimum absolute atomic E-state index is 0.0610. The maximum absolute atomic E-state index is 11.7. The average Bonchev–Trinajstić information content (AvgIpc) is 2.88. The molecule has 1 aliphatic rings. The highest BCUT2D eigenvalue weighted by Gasteiger charge is 2.13. The Bertz CT molecular complexity index is 443. The van der Waals surface area contributed by atoms with Gasteiger partial charge >= 0.3 is 5.97 Å². The van der Waals surface area contributed by atoms with Crippen LogP contribution in [0.15, 0.2) is 0 Å². The Hall–Kier alpha value is -0.770. The van der Waals surface area contributed by atoms with Crippen LogP contribution in [0.25, 0.3) is 0 Å². The van der Waals surface area contributed by atoms with E-state index in [4.69, 9.17) is 33.2 Å². The normalized spacial score (nSPS) is 16.0. The van der Waals surface area contributed by atoms with E-state index in [0.717, 1.165) is 32.3 Å². The lowest BCUT2D eigenvalue weighted by molar-refractivity contribution is -0.169. The number of esters is 1. The third-order valence-corrected chi connectivity index (χ3v) is 5.76. The van der Waals surface area contributed by atoms with Crippen molar-refractivity contribution in [2.75, 3.05) is 72.7 Å². The van der Waals surface area contributed by atoms with Crippen LogP contribution in [0.1, 0.15) is 90.4 Å². The lowest BCUT2D eigenvalue weighted by Crippen LogP contribution is -2.24. The molecule has 1 fully saturated rings. The van der Waals surface area contributed by atoms with Gasteiger partial charge in [-0.05, 0) is 25.7 Å². The van der Waals surface area contributed by atoms with Crippen LogP contribution in [0.4, 0.5) is 0 Å². The Morgan fingerprint density at radius 2 is 1.17 bits per heavy atom. The van der Waals surface area contributed by atoms with Gasteiger partial charge in [-0.2, -0.15) is 0 Å². The van der Waals surface area contributed by atoms with Crippen LogP contribution in [0.2, 0.25) is 0 Å². The van der Waals surface area contributed by atoms with Crippen LogP contribution >= 0.6 is 0 Å². The predicted molar refractivity (Wildman–Crippen MR) is 136 cm³/mol. The Morgan fingerprint density at radius 3 is 1.71 bits per heavy atom. The van der Waals surface area contributed by atoms with E-state index in [1.807, 2.05) is 0 Å². The zero-order chi connectivity index (χ0) is 25.1. The number of carbonyl (C=O) groups is 1. The van der Waals surface area contributed by atoms with E-state index < -0.39 is 0 Å². The first kappa shape index (κ1) is 32.3. The molecule has 0 N–H and O–H groups in total. The van der Waals surface area contributed by atoms with Crippen LogP contribution in [-0.2, 0) is 38.0 Å². The Balaban J connectivity index is 1.68. The molecule has 0 radical (unpaired) electrons. The number of hydrogen-bond acceptors (Lipinski definition) is 8. The molecule has 1 saturated heterocycles. The first-order chi connectivity index (χ1) is 17.3. The molecule has 0 aromatic carbocycles. The average molecular weight is 505 g/mol. The smallest absolute Gasteiger partial charge is 0.305 e. The predicted octanol–water partition coefficient (Wildman–Crippen LogP) is 5.06. The summed E-state index contributed by atoms with van der Waals surface area (Å²) in [4.78, 5) is 11.7. The van der Waals surface area contributed by atoms with Gasteiger partial charge in [0.15, 0.2) is 6.29 Å². The summed E-state index contributed by atoms with van der Waals surface area (Å²) in [5, 5.41) is 0. The van der Waals surface area contributed by atoms with Gasteiger partial charge in [0.1, 0.15) is 6.61 Å². The lowest BCUT2D eigenvalue weighted by Gasteiger charge is -2.22. The van der Waals surface area contributed by atoms with Gasteiger partial charge in [0, 0.05) is 13.0 Å². The van der Waals surface area contributed by atoms with E-state index in [-0.39, 0.29) is 12.3 Å². The second kappa shape index (κ2) is 26.3. The Morgan fingerprint density at radius 1 is 0.657 bits per heavy atom. The summed E-state index contributed by atoms with van der Waals surface area (Å²) >= 11 is 0. The van der Waals surface area contributed by atoms with Gasteiger partial charge in [-0.25, -0.2) is 0 Å². The second-order valence-corrected chi connectivity index (χ2v) is 8.92. The highest BCUT2D eigenvalue weighted by molar-refractivity contribution is 5.69. The zero-order valence-electron chi connectivity index (χ0n) is 22.3. The SMILES string of the molecule is CCCCCCCCCCCC(=O)OCCOCCOCCOCCOCCOC1CCCCO1. The van der Waals surface area contributed by atoms with Crippen molar-refractivity contribution in [3.05, 3.63) is 0 Å². The molecule has 1 atom stereocenters. The number of ether oxygens (including phenoxy) is 7. The number of rotatable bonds is 26. The van der Waals surface area contributed by atoms with E-state index in [1.165, 1.54) is 51.4 Å². The Kier molecular flexibility index (Phi) is 24.2. The molecule has 1 rings (SSSR count). The van der Waals surface area contributed by atoms with Gasteiger partial charge in [-0.15, -0.1) is 0 Å². The number of unbranched alkanes of at least 4 members (excludes halogenated alkanes) is 8. The van der Waals surface area contributed by atoms with E-state index in [9.17, 15) is 4.79 Å². The van der Waals surface area contributed by atoms with Crippen LogP contribution in [0, 0.1) is 0 Å². The third kappa shape index (κ3) is 23.4. The van der Waals surface area contributed by atoms with Crippen LogP contribution in [0.5, 0.6) is 0 Å². The first-order valence-corrected chi connectivity index (χ1v) is 14.0. The van der Waals surface area contributed by atoms with Crippen LogP contribution in [0.3, 0.4) is 0 Å². The maximum Gasteiger partial charge on any atom is 0.305 e. The zero-order valence-corrected chi connectivity index (χ0v) is 22.3. The summed E-state index contributed by atoms with van der Waals surface area (Å²) in [5.41, 5.74) is 0. The minimum atomic E-state index is -0.125. The third-order valence-electron chi connectivity index (χ3n) is 5.76. The summed E-state index contributed by atoms with van der Waals surface area (Å²) in [7, 11) is 0. The fraction of sp³-hybridized carbons (Fsp3) is 0.963. The van der Waals surface area contributed by atoms with Gasteiger partial charge in [0.05, 0.1) is 59.5 Å². The second-order valence-electron chi connectivity index (χ2n) is 8.92. The van der Waals surface area contributed by atoms with Crippen molar-refractivity contribution in [3.63, 3.8) is 0 Å². The fourth-order valence-corrected chi connectivity index (χ4v) is 3.71. The first-order valence-electron chi connectivity index (χ1n) is 14.0. The Labute approximate surface area is 213 Å². The van der Waals surface area contributed by atoms with E-state index in [1.54, 1.807) is 0 Å². The molecule has 0 amide bonds. The van der Waals surface area contributed by atoms with Crippen molar-refractivity contribution in [2.24, 2.45) is 0 Å². The van der Waals surface area contributed by atoms with Crippen molar-refractivity contribution < 1.29 is 38.0 Å². The van der Waals surface area contributed by atoms with Crippen molar-refractivity contribution >= 4 is 5.97 Å². The number of carbonyl (C=O) groups excluding carboxylic acids is 1. The molecule has 1 unspecified atom stereocenters. The van der Waals surface area contributed by atoms with Crippen molar-refractivity contribution in [2.45, 2.75) is 96.7 Å². The molecule has 0 aliphatic carbocycles. The molecule has 0 aromatic rings. The van der Waals surface area contributed by atoms with E-state index >= 15 is 0 Å². The number of hydrogen-bond donors (Lipinski definition) is 0. The molecule has 0 aromatic heterocycles. The molecule has 8 heteroatoms. The van der Waals surface area contributed by atoms with Crippen molar-refractivity contribution in [1.82, 2.24) is 0 Å². The molecular formula is C27H52O8. The fourth-order valence-electron chi connectivity index (χ4n) is 3.71. The van der Waals surface area contributed by atoms with Gasteiger partial charge in [-0.3, -0.25) is 4.79 Å². The maximum atomic E-state index is 11.7.